The van der Waals surface area contributed by atoms with Gasteiger partial charge in [0.2, 0.25) is 0 Å². The molecule has 2 aromatic carbocycles. The zero-order chi connectivity index (χ0) is 26.3. The molecule has 1 fully saturated rings. The average Bonchev–Trinajstić information content (AvgIpc) is 2.89. The molecule has 0 atom stereocenters. The summed E-state index contributed by atoms with van der Waals surface area (Å²) in [4.78, 5) is 11.7. The fourth-order valence-electron chi connectivity index (χ4n) is 5.45. The normalized spacial score (nSPS) is 15.0. The summed E-state index contributed by atoms with van der Waals surface area (Å²) >= 11 is 0. The predicted molar refractivity (Wildman–Crippen MR) is 146 cm³/mol. The van der Waals surface area contributed by atoms with E-state index in [2.05, 4.69) is 27.7 Å². The number of halogens is 1. The minimum Gasteiger partial charge on any atom is -0.489 e. The maximum Gasteiger partial charge on any atom is 0.130 e. The molecule has 5 heteroatoms. The molecule has 1 heterocycles. The van der Waals surface area contributed by atoms with Crippen LogP contribution in [0.2, 0.25) is 0 Å². The van der Waals surface area contributed by atoms with Gasteiger partial charge >= 0.3 is 0 Å². The van der Waals surface area contributed by atoms with E-state index in [1.54, 1.807) is 6.07 Å². The molecule has 3 rings (SSSR count). The van der Waals surface area contributed by atoms with Gasteiger partial charge in [0, 0.05) is 19.3 Å². The van der Waals surface area contributed by atoms with Gasteiger partial charge in [-0.15, -0.1) is 0 Å². The molecule has 2 aromatic rings. The Bertz CT molecular complexity index is 851. The fourth-order valence-corrected chi connectivity index (χ4v) is 5.45. The summed E-state index contributed by atoms with van der Waals surface area (Å²) < 4.78 is 26.4. The number of carbonyl (C=O) groups excluding carboxylic acids is 1. The first-order chi connectivity index (χ1) is 17.5. The van der Waals surface area contributed by atoms with Crippen molar-refractivity contribution in [3.8, 4) is 5.75 Å². The highest BCUT2D eigenvalue weighted by molar-refractivity contribution is 5.69. The number of ether oxygens (including phenoxy) is 2. The Morgan fingerprint density at radius 2 is 1.44 bits per heavy atom. The number of benzene rings is 2. The van der Waals surface area contributed by atoms with Crippen LogP contribution in [0.3, 0.4) is 0 Å². The van der Waals surface area contributed by atoms with E-state index in [1.165, 1.54) is 68.5 Å². The Hall–Kier alpha value is -2.24. The van der Waals surface area contributed by atoms with E-state index in [-0.39, 0.29) is 0 Å². The van der Waals surface area contributed by atoms with Gasteiger partial charge in [-0.05, 0) is 61.8 Å². The largest absolute Gasteiger partial charge is 0.489 e. The van der Waals surface area contributed by atoms with Gasteiger partial charge in [0.15, 0.2) is 0 Å². The second-order valence-electron chi connectivity index (χ2n) is 10.1. The molecule has 0 spiro atoms. The van der Waals surface area contributed by atoms with Gasteiger partial charge in [-0.25, -0.2) is 4.39 Å². The summed E-state index contributed by atoms with van der Waals surface area (Å²) in [6, 6.07) is 14.2. The van der Waals surface area contributed by atoms with Crippen LogP contribution in [-0.4, -0.2) is 50.2 Å². The minimum absolute atomic E-state index is 0.362. The van der Waals surface area contributed by atoms with Crippen LogP contribution in [0.5, 0.6) is 5.75 Å². The third-order valence-corrected chi connectivity index (χ3v) is 7.10. The maximum absolute atomic E-state index is 14.0. The number of hydrogen-bond acceptors (Lipinski definition) is 3. The van der Waals surface area contributed by atoms with Crippen LogP contribution < -0.4 is 4.74 Å². The Balaban J connectivity index is 0.000000302. The van der Waals surface area contributed by atoms with E-state index in [1.807, 2.05) is 30.3 Å². The number of nitrogens with zero attached hydrogens (tertiary/aromatic N) is 1. The standard InChI is InChI=1S/C19H19FO3.C12H28N/c20-17-10-16(19(14-21)6-8-22-9-7-19)11-18(12-17)23-13-15-4-2-1-3-5-15;1-5-9-13(10-6-2,11-7-3)12-8-4/h1-5,10-12,14H,6-9,13H2;5-12H2,1-4H3/q;+1. The molecule has 4 nitrogen and oxygen atoms in total. The topological polar surface area (TPSA) is 35.5 Å². The highest BCUT2D eigenvalue weighted by Crippen LogP contribution is 2.35. The SMILES string of the molecule is CCC[N+](CCC)(CCC)CCC.O=CC1(c2cc(F)cc(OCc3ccccc3)c2)CCOCC1. The highest BCUT2D eigenvalue weighted by atomic mass is 19.1. The number of aldehydes is 1. The van der Waals surface area contributed by atoms with Gasteiger partial charge < -0.3 is 18.8 Å². The lowest BCUT2D eigenvalue weighted by molar-refractivity contribution is -0.928. The lowest BCUT2D eigenvalue weighted by Gasteiger charge is -2.38. The average molecular weight is 501 g/mol. The van der Waals surface area contributed by atoms with Crippen molar-refractivity contribution in [2.75, 3.05) is 39.4 Å². The molecule has 36 heavy (non-hydrogen) atoms. The number of carbonyl (C=O) groups is 1. The number of hydrogen-bond donors (Lipinski definition) is 0. The van der Waals surface area contributed by atoms with Gasteiger partial charge in [0.25, 0.3) is 0 Å². The second-order valence-corrected chi connectivity index (χ2v) is 10.1. The third kappa shape index (κ3) is 9.01. The van der Waals surface area contributed by atoms with E-state index < -0.39 is 11.2 Å². The van der Waals surface area contributed by atoms with Crippen LogP contribution in [-0.2, 0) is 21.6 Å². The monoisotopic (exact) mass is 500 g/mol. The molecule has 0 aliphatic carbocycles. The predicted octanol–water partition coefficient (Wildman–Crippen LogP) is 7.10. The maximum atomic E-state index is 14.0. The smallest absolute Gasteiger partial charge is 0.130 e. The highest BCUT2D eigenvalue weighted by Gasteiger charge is 2.35. The Kier molecular flexibility index (Phi) is 13.1. The molecular formula is C31H47FNO3+. The van der Waals surface area contributed by atoms with Crippen LogP contribution in [0.15, 0.2) is 48.5 Å². The summed E-state index contributed by atoms with van der Waals surface area (Å²) in [5.74, 6) is 0.0508. The lowest BCUT2D eigenvalue weighted by Crippen LogP contribution is -2.50. The first-order valence-corrected chi connectivity index (χ1v) is 13.8. The first kappa shape index (κ1) is 30.0. The molecular weight excluding hydrogens is 453 g/mol. The van der Waals surface area contributed by atoms with Crippen molar-refractivity contribution >= 4 is 6.29 Å². The van der Waals surface area contributed by atoms with Gasteiger partial charge in [0.05, 0.1) is 31.6 Å². The summed E-state index contributed by atoms with van der Waals surface area (Å²) in [7, 11) is 0. The Morgan fingerprint density at radius 3 is 1.94 bits per heavy atom. The van der Waals surface area contributed by atoms with Gasteiger partial charge in [-0.3, -0.25) is 0 Å². The van der Waals surface area contributed by atoms with Crippen molar-refractivity contribution < 1.29 is 23.1 Å². The van der Waals surface area contributed by atoms with Gasteiger partial charge in [-0.1, -0.05) is 58.0 Å². The second kappa shape index (κ2) is 15.8. The number of quaternary nitrogens is 1. The van der Waals surface area contributed by atoms with Crippen molar-refractivity contribution in [1.29, 1.82) is 0 Å². The van der Waals surface area contributed by atoms with E-state index >= 15 is 0 Å². The Morgan fingerprint density at radius 1 is 0.889 bits per heavy atom. The molecule has 1 aliphatic heterocycles. The molecule has 0 N–H and O–H groups in total. The van der Waals surface area contributed by atoms with E-state index in [9.17, 15) is 9.18 Å². The minimum atomic E-state index is -0.675. The van der Waals surface area contributed by atoms with Crippen molar-refractivity contribution in [1.82, 2.24) is 0 Å². The van der Waals surface area contributed by atoms with Crippen molar-refractivity contribution in [3.63, 3.8) is 0 Å². The van der Waals surface area contributed by atoms with Crippen LogP contribution in [0, 0.1) is 5.82 Å². The summed E-state index contributed by atoms with van der Waals surface area (Å²) in [6.07, 6.45) is 7.39. The molecule has 0 unspecified atom stereocenters. The summed E-state index contributed by atoms with van der Waals surface area (Å²) in [5, 5.41) is 0. The van der Waals surface area contributed by atoms with Gasteiger partial charge in [0.1, 0.15) is 24.5 Å². The molecule has 1 aliphatic rings. The summed E-state index contributed by atoms with van der Waals surface area (Å²) in [5.41, 5.74) is 0.999. The first-order valence-electron chi connectivity index (χ1n) is 13.8. The van der Waals surface area contributed by atoms with E-state index in [0.29, 0.717) is 44.0 Å². The molecule has 0 amide bonds. The third-order valence-electron chi connectivity index (χ3n) is 7.10. The number of rotatable bonds is 13. The molecule has 0 radical (unpaired) electrons. The van der Waals surface area contributed by atoms with Crippen molar-refractivity contribution in [2.45, 2.75) is 78.2 Å². The van der Waals surface area contributed by atoms with Crippen LogP contribution in [0.1, 0.15) is 77.3 Å². The van der Waals surface area contributed by atoms with Crippen LogP contribution in [0.25, 0.3) is 0 Å². The van der Waals surface area contributed by atoms with E-state index in [0.717, 1.165) is 11.8 Å². The zero-order valence-electron chi connectivity index (χ0n) is 22.9. The van der Waals surface area contributed by atoms with Crippen molar-refractivity contribution in [3.05, 3.63) is 65.5 Å². The zero-order valence-corrected chi connectivity index (χ0v) is 22.9. The molecule has 200 valence electrons. The summed E-state index contributed by atoms with van der Waals surface area (Å²) in [6.45, 7) is 16.2. The van der Waals surface area contributed by atoms with E-state index in [4.69, 9.17) is 9.47 Å². The molecule has 0 bridgehead atoms. The van der Waals surface area contributed by atoms with Crippen molar-refractivity contribution in [2.24, 2.45) is 0 Å². The quantitative estimate of drug-likeness (QED) is 0.217. The van der Waals surface area contributed by atoms with Crippen LogP contribution >= 0.6 is 0 Å². The van der Waals surface area contributed by atoms with Gasteiger partial charge in [-0.2, -0.15) is 0 Å². The molecule has 0 aromatic heterocycles. The fraction of sp³-hybridized carbons (Fsp3) is 0.581. The molecule has 0 saturated carbocycles. The molecule has 1 saturated heterocycles. The van der Waals surface area contributed by atoms with Crippen LogP contribution in [0.4, 0.5) is 4.39 Å². The Labute approximate surface area is 218 Å². The lowest BCUT2D eigenvalue weighted by atomic mass is 9.75.